The number of unbranched alkanes of at least 4 members (excludes halogenated alkanes) is 38. The van der Waals surface area contributed by atoms with Crippen molar-refractivity contribution in [2.45, 2.75) is 326 Å². The summed E-state index contributed by atoms with van der Waals surface area (Å²) in [6, 6.07) is -2.26. The average molecular weight is 1320 g/mol. The number of carbonyl (C=O) groups excluding carboxylic acids is 1. The molecule has 1 aliphatic heterocycles. The molecule has 0 aromatic carbocycles. The van der Waals surface area contributed by atoms with Crippen molar-refractivity contribution in [1.82, 2.24) is 5.32 Å². The lowest BCUT2D eigenvalue weighted by Crippen LogP contribution is -2.69. The number of carbonyl (C=O) groups is 2. The molecule has 1 saturated heterocycles. The molecule has 0 aromatic rings. The Hall–Kier alpha value is -1.74. The maximum absolute atomic E-state index is 13.4. The van der Waals surface area contributed by atoms with E-state index in [1.165, 1.54) is 186 Å². The SMILES string of the molecule is CCCCCCCCCCCCCCCCCCCCCCOC[C@H](CO[C@@]1(C(=O)O)C[C@H](OS(=O)(=O)O)[C@@H](NC(C)=O)[C@H]([C@H](OS(=O)(=O)O)[C@@H](COS(=O)(=O)O)OS(=O)(=O)O)O1)OCCCCCCCCCCCCCCCCCCCCCC. The van der Waals surface area contributed by atoms with Gasteiger partial charge in [0.25, 0.3) is 5.79 Å². The van der Waals surface area contributed by atoms with Gasteiger partial charge in [0.15, 0.2) is 0 Å². The Morgan fingerprint density at radius 3 is 1.17 bits per heavy atom. The van der Waals surface area contributed by atoms with Gasteiger partial charge in [-0.05, 0) is 12.8 Å². The van der Waals surface area contributed by atoms with Gasteiger partial charge in [-0.1, -0.05) is 258 Å². The van der Waals surface area contributed by atoms with Crippen LogP contribution >= 0.6 is 0 Å². The molecule has 0 bridgehead atoms. The van der Waals surface area contributed by atoms with Gasteiger partial charge in [-0.25, -0.2) is 21.5 Å². The number of rotatable bonds is 61. The summed E-state index contributed by atoms with van der Waals surface area (Å²) >= 11 is 0. The highest BCUT2D eigenvalue weighted by Crippen LogP contribution is 2.38. The fourth-order valence-electron chi connectivity index (χ4n) is 10.8. The molecule has 7 atom stereocenters. The van der Waals surface area contributed by atoms with E-state index in [1.807, 2.05) is 0 Å². The molecule has 1 heterocycles. The predicted octanol–water partition coefficient (Wildman–Crippen LogP) is 12.5. The first kappa shape index (κ1) is 82.3. The number of aliphatic carboxylic acids is 1. The van der Waals surface area contributed by atoms with Crippen molar-refractivity contribution in [3.05, 3.63) is 0 Å². The van der Waals surface area contributed by atoms with E-state index in [4.69, 9.17) is 23.1 Å². The van der Waals surface area contributed by atoms with E-state index in [0.717, 1.165) is 64.7 Å². The second-order valence-electron chi connectivity index (χ2n) is 23.2. The maximum Gasteiger partial charge on any atom is 0.397 e. The molecular weight excluding hydrogens is 1210 g/mol. The number of nitrogens with one attached hydrogen (secondary N) is 1. The van der Waals surface area contributed by atoms with Crippen LogP contribution in [0.5, 0.6) is 0 Å². The van der Waals surface area contributed by atoms with Gasteiger partial charge < -0.3 is 29.4 Å². The van der Waals surface area contributed by atoms with Crippen LogP contribution in [0.3, 0.4) is 0 Å². The molecule has 6 N–H and O–H groups in total. The Morgan fingerprint density at radius 2 is 0.849 bits per heavy atom. The van der Waals surface area contributed by atoms with Gasteiger partial charge >= 0.3 is 47.6 Å². The third kappa shape index (κ3) is 46.3. The third-order valence-corrected chi connectivity index (χ3v) is 17.2. The van der Waals surface area contributed by atoms with Crippen LogP contribution in [0.25, 0.3) is 0 Å². The van der Waals surface area contributed by atoms with Gasteiger partial charge in [0, 0.05) is 26.6 Å². The van der Waals surface area contributed by atoms with Crippen molar-refractivity contribution in [2.24, 2.45) is 0 Å². The molecule has 512 valence electrons. The lowest BCUT2D eigenvalue weighted by atomic mass is 9.88. The summed E-state index contributed by atoms with van der Waals surface area (Å²) in [6.45, 7) is 3.05. The quantitative estimate of drug-likeness (QED) is 0.0243. The first-order valence-electron chi connectivity index (χ1n) is 32.4. The zero-order valence-corrected chi connectivity index (χ0v) is 55.5. The summed E-state index contributed by atoms with van der Waals surface area (Å²) in [4.78, 5) is 25.9. The first-order chi connectivity index (χ1) is 40.8. The molecular formula is C58H113NO23S4. The van der Waals surface area contributed by atoms with E-state index in [2.05, 4.69) is 31.7 Å². The van der Waals surface area contributed by atoms with Crippen molar-refractivity contribution in [1.29, 1.82) is 0 Å². The first-order valence-corrected chi connectivity index (χ1v) is 37.9. The van der Waals surface area contributed by atoms with Crippen molar-refractivity contribution in [2.75, 3.05) is 33.0 Å². The molecule has 1 rings (SSSR count). The van der Waals surface area contributed by atoms with Crippen LogP contribution in [0, 0.1) is 0 Å². The van der Waals surface area contributed by atoms with Crippen molar-refractivity contribution < 1.29 is 102 Å². The minimum atomic E-state index is -5.93. The third-order valence-electron chi connectivity index (χ3n) is 15.3. The second kappa shape index (κ2) is 49.0. The Balaban J connectivity index is 3.05. The van der Waals surface area contributed by atoms with Crippen LogP contribution in [-0.4, -0.2) is 144 Å². The van der Waals surface area contributed by atoms with E-state index >= 15 is 0 Å². The number of hydrogen-bond acceptors (Lipinski definition) is 18. The number of amides is 1. The highest BCUT2D eigenvalue weighted by molar-refractivity contribution is 7.81. The standard InChI is InChI=1S/C58H113NO23S4/c1-4-6-8-10-12-14-16-18-20-22-24-26-28-30-32-34-36-38-40-42-44-75-47-51(76-45-43-41-39-37-35-33-31-29-27-25-23-21-19-17-15-13-11-9-7-5-2)48-77-58(57(61)62)46-52(80-84(66,67)68)54(59-50(3)60)56(79-58)55(82-86(72,73)74)53(81-85(69,70)71)49-78-83(63,64)65/h51-56H,4-49H2,1-3H3,(H,59,60)(H,61,62)(H,63,64,65)(H,66,67,68)(H,69,70,71)(H,72,73,74)/t51-,52+,53-,54-,55-,56-,58+/m1/s1. The summed E-state index contributed by atoms with van der Waals surface area (Å²) in [7, 11) is -23.0. The molecule has 0 aliphatic carbocycles. The van der Waals surface area contributed by atoms with Crippen molar-refractivity contribution in [3.8, 4) is 0 Å². The number of hydrogen-bond donors (Lipinski definition) is 6. The lowest BCUT2D eigenvalue weighted by molar-refractivity contribution is -0.312. The highest BCUT2D eigenvalue weighted by atomic mass is 32.3. The van der Waals surface area contributed by atoms with Gasteiger partial charge in [-0.3, -0.25) is 23.0 Å². The van der Waals surface area contributed by atoms with Gasteiger partial charge in [0.2, 0.25) is 5.91 Å². The highest BCUT2D eigenvalue weighted by Gasteiger charge is 2.59. The molecule has 0 aromatic heterocycles. The normalized spacial score (nSPS) is 18.9. The van der Waals surface area contributed by atoms with Crippen LogP contribution in [0.15, 0.2) is 0 Å². The van der Waals surface area contributed by atoms with Crippen LogP contribution < -0.4 is 5.32 Å². The number of carboxylic acids is 1. The maximum atomic E-state index is 13.4. The summed E-state index contributed by atoms with van der Waals surface area (Å²) in [5, 5.41) is 12.9. The molecule has 1 aliphatic rings. The summed E-state index contributed by atoms with van der Waals surface area (Å²) in [5.74, 6) is -6.46. The van der Waals surface area contributed by atoms with E-state index in [-0.39, 0.29) is 13.2 Å². The Labute approximate surface area is 517 Å². The smallest absolute Gasteiger partial charge is 0.397 e. The minimum Gasteiger partial charge on any atom is -0.477 e. The average Bonchev–Trinajstić information content (AvgIpc) is 0.830. The van der Waals surface area contributed by atoms with Crippen molar-refractivity contribution in [3.63, 3.8) is 0 Å². The number of carboxylic acid groups (broad SMARTS) is 1. The van der Waals surface area contributed by atoms with Gasteiger partial charge in [0.05, 0.1) is 25.9 Å². The zero-order chi connectivity index (χ0) is 64.0. The Kier molecular flexibility index (Phi) is 46.8. The van der Waals surface area contributed by atoms with Crippen LogP contribution in [0.1, 0.15) is 284 Å². The zero-order valence-electron chi connectivity index (χ0n) is 52.2. The van der Waals surface area contributed by atoms with E-state index in [1.54, 1.807) is 0 Å². The van der Waals surface area contributed by atoms with E-state index < -0.39 is 115 Å². The molecule has 0 saturated carbocycles. The molecule has 28 heteroatoms. The molecule has 1 fully saturated rings. The molecule has 0 spiro atoms. The Morgan fingerprint density at radius 1 is 0.488 bits per heavy atom. The molecule has 24 nitrogen and oxygen atoms in total. The molecule has 86 heavy (non-hydrogen) atoms. The van der Waals surface area contributed by atoms with E-state index in [0.29, 0.717) is 19.4 Å². The van der Waals surface area contributed by atoms with Gasteiger partial charge in [-0.2, -0.15) is 33.7 Å². The predicted molar refractivity (Wildman–Crippen MR) is 327 cm³/mol. The summed E-state index contributed by atoms with van der Waals surface area (Å²) in [6.07, 6.45) is 35.0. The largest absolute Gasteiger partial charge is 0.477 e. The molecule has 0 unspecified atom stereocenters. The minimum absolute atomic E-state index is 0.158. The fraction of sp³-hybridized carbons (Fsp3) is 0.966. The van der Waals surface area contributed by atoms with Gasteiger partial charge in [-0.15, -0.1) is 0 Å². The summed E-state index contributed by atoms with van der Waals surface area (Å²) < 4.78 is 177. The fourth-order valence-corrected chi connectivity index (χ4v) is 12.6. The molecule has 0 radical (unpaired) electrons. The summed E-state index contributed by atoms with van der Waals surface area (Å²) in [5.41, 5.74) is 0. The lowest BCUT2D eigenvalue weighted by Gasteiger charge is -2.48. The molecule has 1 amide bonds. The second-order valence-corrected chi connectivity index (χ2v) is 27.4. The van der Waals surface area contributed by atoms with Gasteiger partial charge in [0.1, 0.15) is 30.5 Å². The van der Waals surface area contributed by atoms with E-state index in [9.17, 15) is 66.6 Å². The van der Waals surface area contributed by atoms with Crippen LogP contribution in [-0.2, 0) is 86.9 Å². The van der Waals surface area contributed by atoms with Crippen LogP contribution in [0.4, 0.5) is 0 Å². The number of ether oxygens (including phenoxy) is 4. The monoisotopic (exact) mass is 1320 g/mol. The van der Waals surface area contributed by atoms with Crippen molar-refractivity contribution >= 4 is 53.5 Å². The Bertz CT molecular complexity index is 2170. The van der Waals surface area contributed by atoms with Crippen LogP contribution in [0.2, 0.25) is 0 Å². The topological polar surface area (TPSA) is 358 Å².